The molecule has 3 aromatic carbocycles. The third-order valence-electron chi connectivity index (χ3n) is 4.91. The molecule has 0 radical (unpaired) electrons. The van der Waals surface area contributed by atoms with Gasteiger partial charge in [-0.2, -0.15) is 8.42 Å². The van der Waals surface area contributed by atoms with Gasteiger partial charge in [-0.3, -0.25) is 4.18 Å². The second kappa shape index (κ2) is 11.6. The Hall–Kier alpha value is -2.65. The fourth-order valence-electron chi connectivity index (χ4n) is 3.26. The number of rotatable bonds is 8. The van der Waals surface area contributed by atoms with Crippen LogP contribution in [-0.2, 0) is 25.6 Å². The van der Waals surface area contributed by atoms with Crippen LogP contribution >= 0.6 is 23.2 Å². The van der Waals surface area contributed by atoms with Crippen LogP contribution < -0.4 is 0 Å². The Morgan fingerprint density at radius 2 is 1.61 bits per heavy atom. The van der Waals surface area contributed by atoms with Crippen molar-refractivity contribution in [2.24, 2.45) is 0 Å². The highest BCUT2D eigenvalue weighted by molar-refractivity contribution is 7.86. The molecule has 1 unspecified atom stereocenters. The molecule has 0 fully saturated rings. The standard InChI is InChI=1S/C26H26Cl2FNO5S/c1-26(2,3)34-25(31)30(16-18-9-14-22(27)23(28)15-18)17-24(19-7-5-4-6-8-19)35-36(32,33)21-12-10-20(29)11-13-21/h4-15,24H,16-17H2,1-3H3. The summed E-state index contributed by atoms with van der Waals surface area (Å²) in [6.45, 7) is 5.07. The molecule has 0 saturated carbocycles. The summed E-state index contributed by atoms with van der Waals surface area (Å²) >= 11 is 12.2. The van der Waals surface area contributed by atoms with Gasteiger partial charge in [-0.05, 0) is 68.3 Å². The number of amides is 1. The molecule has 0 N–H and O–H groups in total. The summed E-state index contributed by atoms with van der Waals surface area (Å²) in [7, 11) is -4.30. The Morgan fingerprint density at radius 1 is 0.972 bits per heavy atom. The third-order valence-corrected chi connectivity index (χ3v) is 6.99. The van der Waals surface area contributed by atoms with Crippen LogP contribution in [0.4, 0.5) is 9.18 Å². The molecule has 0 aliphatic heterocycles. The van der Waals surface area contributed by atoms with Crippen LogP contribution in [-0.4, -0.2) is 31.6 Å². The number of carbonyl (C=O) groups is 1. The molecule has 0 aliphatic carbocycles. The summed E-state index contributed by atoms with van der Waals surface area (Å²) in [4.78, 5) is 14.3. The highest BCUT2D eigenvalue weighted by Crippen LogP contribution is 2.28. The first kappa shape index (κ1) is 27.9. The Labute approximate surface area is 220 Å². The summed E-state index contributed by atoms with van der Waals surface area (Å²) in [5.41, 5.74) is 0.380. The first-order valence-electron chi connectivity index (χ1n) is 11.0. The first-order valence-corrected chi connectivity index (χ1v) is 13.2. The van der Waals surface area contributed by atoms with E-state index in [2.05, 4.69) is 0 Å². The van der Waals surface area contributed by atoms with E-state index in [1.54, 1.807) is 69.3 Å². The number of halogens is 3. The zero-order chi connectivity index (χ0) is 26.5. The molecule has 1 amide bonds. The Bertz CT molecular complexity index is 1300. The molecular weight excluding hydrogens is 528 g/mol. The van der Waals surface area contributed by atoms with E-state index >= 15 is 0 Å². The van der Waals surface area contributed by atoms with E-state index in [0.717, 1.165) is 24.3 Å². The SMILES string of the molecule is CC(C)(C)OC(=O)N(Cc1ccc(Cl)c(Cl)c1)CC(OS(=O)(=O)c1ccc(F)cc1)c1ccccc1. The zero-order valence-electron chi connectivity index (χ0n) is 20.0. The van der Waals surface area contributed by atoms with E-state index in [9.17, 15) is 17.6 Å². The van der Waals surface area contributed by atoms with Gasteiger partial charge < -0.3 is 9.64 Å². The van der Waals surface area contributed by atoms with Crippen LogP contribution in [0.5, 0.6) is 0 Å². The van der Waals surface area contributed by atoms with Gasteiger partial charge in [0.25, 0.3) is 10.1 Å². The molecule has 0 bridgehead atoms. The van der Waals surface area contributed by atoms with Crippen molar-refractivity contribution in [1.29, 1.82) is 0 Å². The maximum Gasteiger partial charge on any atom is 0.410 e. The minimum absolute atomic E-state index is 0.0507. The van der Waals surface area contributed by atoms with Crippen molar-refractivity contribution in [3.8, 4) is 0 Å². The van der Waals surface area contributed by atoms with E-state index in [-0.39, 0.29) is 18.0 Å². The maximum atomic E-state index is 13.3. The number of ether oxygens (including phenoxy) is 1. The lowest BCUT2D eigenvalue weighted by atomic mass is 10.1. The van der Waals surface area contributed by atoms with E-state index in [0.29, 0.717) is 21.2 Å². The molecule has 6 nitrogen and oxygen atoms in total. The first-order chi connectivity index (χ1) is 16.8. The molecule has 3 rings (SSSR count). The largest absolute Gasteiger partial charge is 0.444 e. The molecule has 0 heterocycles. The predicted molar refractivity (Wildman–Crippen MR) is 137 cm³/mol. The Kier molecular flexibility index (Phi) is 9.00. The average Bonchev–Trinajstić information content (AvgIpc) is 2.80. The molecule has 1 atom stereocenters. The van der Waals surface area contributed by atoms with Crippen LogP contribution in [0.1, 0.15) is 38.0 Å². The number of hydrogen-bond acceptors (Lipinski definition) is 5. The highest BCUT2D eigenvalue weighted by atomic mass is 35.5. The fourth-order valence-corrected chi connectivity index (χ4v) is 4.64. The number of benzene rings is 3. The van der Waals surface area contributed by atoms with Crippen molar-refractivity contribution < 1.29 is 26.5 Å². The third kappa shape index (κ3) is 7.93. The average molecular weight is 554 g/mol. The van der Waals surface area contributed by atoms with Gasteiger partial charge in [-0.1, -0.05) is 59.6 Å². The van der Waals surface area contributed by atoms with Crippen LogP contribution in [0.25, 0.3) is 0 Å². The molecule has 0 saturated heterocycles. The van der Waals surface area contributed by atoms with Crippen LogP contribution in [0.2, 0.25) is 10.0 Å². The van der Waals surface area contributed by atoms with E-state index < -0.39 is 33.7 Å². The van der Waals surface area contributed by atoms with E-state index in [1.807, 2.05) is 0 Å². The quantitative estimate of drug-likeness (QED) is 0.280. The van der Waals surface area contributed by atoms with Gasteiger partial charge in [0.1, 0.15) is 17.5 Å². The van der Waals surface area contributed by atoms with Crippen molar-refractivity contribution >= 4 is 39.4 Å². The molecule has 3 aromatic rings. The summed E-state index contributed by atoms with van der Waals surface area (Å²) < 4.78 is 50.6. The van der Waals surface area contributed by atoms with Crippen molar-refractivity contribution in [3.63, 3.8) is 0 Å². The van der Waals surface area contributed by atoms with Crippen LogP contribution in [0, 0.1) is 5.82 Å². The molecular formula is C26H26Cl2FNO5S. The van der Waals surface area contributed by atoms with Crippen molar-refractivity contribution in [3.05, 3.63) is 99.8 Å². The van der Waals surface area contributed by atoms with Gasteiger partial charge in [0.15, 0.2) is 0 Å². The molecule has 192 valence electrons. The number of nitrogens with zero attached hydrogens (tertiary/aromatic N) is 1. The zero-order valence-corrected chi connectivity index (χ0v) is 22.3. The highest BCUT2D eigenvalue weighted by Gasteiger charge is 2.30. The normalized spacial score (nSPS) is 12.7. The van der Waals surface area contributed by atoms with E-state index in [1.165, 1.54) is 4.90 Å². The van der Waals surface area contributed by atoms with Gasteiger partial charge >= 0.3 is 6.09 Å². The van der Waals surface area contributed by atoms with Gasteiger partial charge in [0, 0.05) is 6.54 Å². The molecule has 0 spiro atoms. The molecule has 10 heteroatoms. The van der Waals surface area contributed by atoms with Crippen molar-refractivity contribution in [2.45, 2.75) is 43.9 Å². The summed E-state index contributed by atoms with van der Waals surface area (Å²) in [5.74, 6) is -0.578. The van der Waals surface area contributed by atoms with Crippen molar-refractivity contribution in [1.82, 2.24) is 4.90 Å². The Balaban J connectivity index is 1.96. The van der Waals surface area contributed by atoms with Gasteiger partial charge in [-0.15, -0.1) is 0 Å². The van der Waals surface area contributed by atoms with Crippen molar-refractivity contribution in [2.75, 3.05) is 6.54 Å². The van der Waals surface area contributed by atoms with Gasteiger partial charge in [-0.25, -0.2) is 9.18 Å². The van der Waals surface area contributed by atoms with Crippen LogP contribution in [0.15, 0.2) is 77.7 Å². The number of carbonyl (C=O) groups excluding carboxylic acids is 1. The second-order valence-corrected chi connectivity index (χ2v) is 11.4. The number of hydrogen-bond donors (Lipinski definition) is 0. The lowest BCUT2D eigenvalue weighted by Gasteiger charge is -2.30. The lowest BCUT2D eigenvalue weighted by Crippen LogP contribution is -2.39. The molecule has 0 aromatic heterocycles. The summed E-state index contributed by atoms with van der Waals surface area (Å²) in [6, 6.07) is 17.9. The van der Waals surface area contributed by atoms with Gasteiger partial charge in [0.2, 0.25) is 0 Å². The molecule has 0 aliphatic rings. The Morgan fingerprint density at radius 3 is 2.19 bits per heavy atom. The van der Waals surface area contributed by atoms with Gasteiger partial charge in [0.05, 0.1) is 21.5 Å². The van der Waals surface area contributed by atoms with Crippen LogP contribution in [0.3, 0.4) is 0 Å². The summed E-state index contributed by atoms with van der Waals surface area (Å²) in [5, 5.41) is 0.674. The summed E-state index contributed by atoms with van der Waals surface area (Å²) in [6.07, 6.45) is -1.76. The maximum absolute atomic E-state index is 13.3. The smallest absolute Gasteiger partial charge is 0.410 e. The fraction of sp³-hybridized carbons (Fsp3) is 0.269. The lowest BCUT2D eigenvalue weighted by molar-refractivity contribution is 0.0151. The minimum atomic E-state index is -4.30. The van der Waals surface area contributed by atoms with E-state index in [4.69, 9.17) is 32.1 Å². The predicted octanol–water partition coefficient (Wildman–Crippen LogP) is 7.02. The monoisotopic (exact) mass is 553 g/mol. The molecule has 36 heavy (non-hydrogen) atoms. The minimum Gasteiger partial charge on any atom is -0.444 e. The topological polar surface area (TPSA) is 72.9 Å². The second-order valence-electron chi connectivity index (χ2n) is 9.01.